The van der Waals surface area contributed by atoms with Crippen molar-refractivity contribution in [1.82, 2.24) is 20.1 Å². The van der Waals surface area contributed by atoms with Gasteiger partial charge >= 0.3 is 0 Å². The van der Waals surface area contributed by atoms with E-state index in [-0.39, 0.29) is 11.5 Å². The number of hydrogen-bond acceptors (Lipinski definition) is 4. The lowest BCUT2D eigenvalue weighted by molar-refractivity contribution is 0.0963. The second kappa shape index (κ2) is 7.03. The first-order valence-corrected chi connectivity index (χ1v) is 8.63. The van der Waals surface area contributed by atoms with E-state index >= 15 is 0 Å². The van der Waals surface area contributed by atoms with Crippen LogP contribution in [0, 0.1) is 6.92 Å². The van der Waals surface area contributed by atoms with E-state index in [0.717, 1.165) is 35.1 Å². The number of benzene rings is 1. The van der Waals surface area contributed by atoms with Crippen molar-refractivity contribution in [3.05, 3.63) is 45.7 Å². The van der Waals surface area contributed by atoms with Crippen molar-refractivity contribution in [2.24, 2.45) is 7.05 Å². The van der Waals surface area contributed by atoms with Gasteiger partial charge in [0, 0.05) is 31.8 Å². The summed E-state index contributed by atoms with van der Waals surface area (Å²) in [5.41, 5.74) is 4.11. The SMILES string of the molecule is CCCNc1n[nH]c2cc(-c3cc(C(=O)NC)ccc3C)c(=O)n(C)c12. The number of pyridine rings is 1. The first kappa shape index (κ1) is 17.7. The van der Waals surface area contributed by atoms with Crippen LogP contribution in [0.2, 0.25) is 0 Å². The van der Waals surface area contributed by atoms with Crippen LogP contribution in [-0.4, -0.2) is 34.3 Å². The van der Waals surface area contributed by atoms with E-state index in [4.69, 9.17) is 0 Å². The van der Waals surface area contributed by atoms with Gasteiger partial charge in [-0.25, -0.2) is 0 Å². The number of carbonyl (C=O) groups excluding carboxylic acids is 1. The van der Waals surface area contributed by atoms with Gasteiger partial charge in [-0.2, -0.15) is 5.10 Å². The lowest BCUT2D eigenvalue weighted by atomic mass is 9.98. The van der Waals surface area contributed by atoms with Crippen LogP contribution in [0.25, 0.3) is 22.2 Å². The van der Waals surface area contributed by atoms with Gasteiger partial charge in [-0.05, 0) is 42.7 Å². The summed E-state index contributed by atoms with van der Waals surface area (Å²) in [5.74, 6) is 0.487. The Kier molecular flexibility index (Phi) is 4.79. The Morgan fingerprint density at radius 2 is 2.04 bits per heavy atom. The molecule has 1 amide bonds. The van der Waals surface area contributed by atoms with Crippen molar-refractivity contribution in [2.45, 2.75) is 20.3 Å². The van der Waals surface area contributed by atoms with E-state index in [1.54, 1.807) is 36.9 Å². The van der Waals surface area contributed by atoms with Crippen molar-refractivity contribution in [3.63, 3.8) is 0 Å². The highest BCUT2D eigenvalue weighted by atomic mass is 16.1. The predicted molar refractivity (Wildman–Crippen MR) is 104 cm³/mol. The highest BCUT2D eigenvalue weighted by Crippen LogP contribution is 2.26. The number of aryl methyl sites for hydroxylation is 2. The zero-order chi connectivity index (χ0) is 18.8. The Morgan fingerprint density at radius 3 is 2.73 bits per heavy atom. The molecule has 3 rings (SSSR count). The Balaban J connectivity index is 2.20. The highest BCUT2D eigenvalue weighted by Gasteiger charge is 2.16. The maximum Gasteiger partial charge on any atom is 0.258 e. The van der Waals surface area contributed by atoms with E-state index in [2.05, 4.69) is 27.8 Å². The molecule has 0 aliphatic heterocycles. The van der Waals surface area contributed by atoms with Crippen LogP contribution in [0.15, 0.2) is 29.1 Å². The lowest BCUT2D eigenvalue weighted by Crippen LogP contribution is -2.21. The topological polar surface area (TPSA) is 91.8 Å². The quantitative estimate of drug-likeness (QED) is 0.657. The largest absolute Gasteiger partial charge is 0.367 e. The van der Waals surface area contributed by atoms with Gasteiger partial charge in [0.25, 0.3) is 11.5 Å². The van der Waals surface area contributed by atoms with Crippen LogP contribution in [0.3, 0.4) is 0 Å². The number of nitrogens with one attached hydrogen (secondary N) is 3. The number of H-pyrrole nitrogens is 1. The van der Waals surface area contributed by atoms with Crippen molar-refractivity contribution < 1.29 is 4.79 Å². The number of carbonyl (C=O) groups is 1. The number of amides is 1. The average molecular weight is 353 g/mol. The first-order valence-electron chi connectivity index (χ1n) is 8.63. The van der Waals surface area contributed by atoms with Crippen LogP contribution in [0.1, 0.15) is 29.3 Å². The van der Waals surface area contributed by atoms with Gasteiger partial charge in [0.05, 0.1) is 5.52 Å². The van der Waals surface area contributed by atoms with Gasteiger partial charge in [-0.1, -0.05) is 13.0 Å². The fourth-order valence-corrected chi connectivity index (χ4v) is 3.04. The molecule has 2 heterocycles. The lowest BCUT2D eigenvalue weighted by Gasteiger charge is -2.11. The molecule has 0 spiro atoms. The molecule has 0 fully saturated rings. The number of nitrogens with zero attached hydrogens (tertiary/aromatic N) is 2. The van der Waals surface area contributed by atoms with Gasteiger partial charge in [-0.15, -0.1) is 0 Å². The van der Waals surface area contributed by atoms with Gasteiger partial charge in [-0.3, -0.25) is 14.7 Å². The average Bonchev–Trinajstić information content (AvgIpc) is 3.05. The molecule has 0 atom stereocenters. The molecular weight excluding hydrogens is 330 g/mol. The standard InChI is InChI=1S/C19H23N5O2/c1-5-8-21-17-16-15(22-23-17)10-14(19(26)24(16)4)13-9-12(18(25)20-3)7-6-11(13)2/h6-7,9-10H,5,8H2,1-4H3,(H,20,25)(H2,21,22,23). The van der Waals surface area contributed by atoms with Gasteiger partial charge in [0.15, 0.2) is 5.82 Å². The molecule has 136 valence electrons. The summed E-state index contributed by atoms with van der Waals surface area (Å²) in [6.45, 7) is 4.78. The number of aromatic nitrogens is 3. The highest BCUT2D eigenvalue weighted by molar-refractivity contribution is 5.96. The van der Waals surface area contributed by atoms with Crippen LogP contribution < -0.4 is 16.2 Å². The summed E-state index contributed by atoms with van der Waals surface area (Å²) in [5, 5.41) is 13.1. The summed E-state index contributed by atoms with van der Waals surface area (Å²) in [4.78, 5) is 25.0. The maximum absolute atomic E-state index is 13.0. The zero-order valence-corrected chi connectivity index (χ0v) is 15.4. The molecule has 2 aromatic heterocycles. The smallest absolute Gasteiger partial charge is 0.258 e. The Labute approximate surface area is 151 Å². The van der Waals surface area contributed by atoms with Crippen molar-refractivity contribution in [3.8, 4) is 11.1 Å². The summed E-state index contributed by atoms with van der Waals surface area (Å²) in [6, 6.07) is 7.16. The van der Waals surface area contributed by atoms with Crippen LogP contribution in [0.5, 0.6) is 0 Å². The zero-order valence-electron chi connectivity index (χ0n) is 15.4. The third-order valence-corrected chi connectivity index (χ3v) is 4.49. The van der Waals surface area contributed by atoms with Gasteiger partial charge < -0.3 is 15.2 Å². The number of anilines is 1. The molecule has 0 saturated heterocycles. The Morgan fingerprint density at radius 1 is 1.27 bits per heavy atom. The van der Waals surface area contributed by atoms with Crippen LogP contribution >= 0.6 is 0 Å². The van der Waals surface area contributed by atoms with Crippen LogP contribution in [0.4, 0.5) is 5.82 Å². The van der Waals surface area contributed by atoms with E-state index in [0.29, 0.717) is 16.9 Å². The molecule has 0 aliphatic rings. The summed E-state index contributed by atoms with van der Waals surface area (Å²) >= 11 is 0. The minimum Gasteiger partial charge on any atom is -0.367 e. The Bertz CT molecular complexity index is 1030. The fourth-order valence-electron chi connectivity index (χ4n) is 3.04. The summed E-state index contributed by atoms with van der Waals surface area (Å²) in [7, 11) is 3.32. The minimum absolute atomic E-state index is 0.129. The van der Waals surface area contributed by atoms with Crippen LogP contribution in [-0.2, 0) is 7.05 Å². The number of rotatable bonds is 5. The molecule has 7 heteroatoms. The molecule has 1 aromatic carbocycles. The minimum atomic E-state index is -0.184. The molecule has 0 aliphatic carbocycles. The van der Waals surface area contributed by atoms with Crippen molar-refractivity contribution >= 4 is 22.8 Å². The fraction of sp³-hybridized carbons (Fsp3) is 0.316. The van der Waals surface area contributed by atoms with Crippen molar-refractivity contribution in [2.75, 3.05) is 18.9 Å². The molecule has 3 aromatic rings. The third-order valence-electron chi connectivity index (χ3n) is 4.49. The molecule has 3 N–H and O–H groups in total. The monoisotopic (exact) mass is 353 g/mol. The van der Waals surface area contributed by atoms with Crippen molar-refractivity contribution in [1.29, 1.82) is 0 Å². The Hall–Kier alpha value is -3.09. The maximum atomic E-state index is 13.0. The summed E-state index contributed by atoms with van der Waals surface area (Å²) < 4.78 is 1.60. The van der Waals surface area contributed by atoms with Gasteiger partial charge in [0.1, 0.15) is 5.52 Å². The molecule has 0 saturated carbocycles. The molecule has 26 heavy (non-hydrogen) atoms. The van der Waals surface area contributed by atoms with E-state index < -0.39 is 0 Å². The molecular formula is C19H23N5O2. The third kappa shape index (κ3) is 2.96. The first-order chi connectivity index (χ1) is 12.5. The summed E-state index contributed by atoms with van der Waals surface area (Å²) in [6.07, 6.45) is 0.964. The molecule has 0 radical (unpaired) electrons. The number of hydrogen-bond donors (Lipinski definition) is 3. The number of aromatic amines is 1. The van der Waals surface area contributed by atoms with E-state index in [9.17, 15) is 9.59 Å². The molecule has 0 unspecified atom stereocenters. The second-order valence-corrected chi connectivity index (χ2v) is 6.29. The normalized spacial score (nSPS) is 10.9. The van der Waals surface area contributed by atoms with E-state index in [1.165, 1.54) is 0 Å². The van der Waals surface area contributed by atoms with E-state index in [1.807, 2.05) is 13.0 Å². The number of fused-ring (bicyclic) bond motifs is 1. The predicted octanol–water partition coefficient (Wildman–Crippen LogP) is 2.42. The second-order valence-electron chi connectivity index (χ2n) is 6.29. The van der Waals surface area contributed by atoms with Gasteiger partial charge in [0.2, 0.25) is 0 Å². The molecule has 0 bridgehead atoms. The molecule has 7 nitrogen and oxygen atoms in total.